The van der Waals surface area contributed by atoms with E-state index in [4.69, 9.17) is 0 Å². The van der Waals surface area contributed by atoms with Gasteiger partial charge in [0.15, 0.2) is 0 Å². The van der Waals surface area contributed by atoms with Crippen LogP contribution in [0.3, 0.4) is 0 Å². The summed E-state index contributed by atoms with van der Waals surface area (Å²) >= 11 is 0. The van der Waals surface area contributed by atoms with Crippen LogP contribution in [0.4, 0.5) is 0 Å². The van der Waals surface area contributed by atoms with Crippen LogP contribution < -0.4 is 0 Å². The van der Waals surface area contributed by atoms with E-state index < -0.39 is 0 Å². The van der Waals surface area contributed by atoms with Crippen LogP contribution >= 0.6 is 0 Å². The molecule has 0 aromatic rings. The molecule has 11 heavy (non-hydrogen) atoms. The molecular formula is C11H22. The first-order chi connectivity index (χ1) is 5.47. The third kappa shape index (κ3) is 2.84. The Hall–Kier alpha value is 0. The van der Waals surface area contributed by atoms with Crippen molar-refractivity contribution in [1.82, 2.24) is 0 Å². The van der Waals surface area contributed by atoms with Crippen molar-refractivity contribution in [3.8, 4) is 0 Å². The average Bonchev–Trinajstić information content (AvgIpc) is 2.40. The zero-order chi connectivity index (χ0) is 8.10. The molecule has 0 bridgehead atoms. The summed E-state index contributed by atoms with van der Waals surface area (Å²) in [4.78, 5) is 0. The number of hydrogen-bond donors (Lipinski definition) is 0. The molecule has 3 rings (SSSR count). The van der Waals surface area contributed by atoms with Gasteiger partial charge in [-0.2, -0.15) is 0 Å². The van der Waals surface area contributed by atoms with Crippen LogP contribution in [0, 0.1) is 11.8 Å². The Balaban J connectivity index is 0.0000000925. The minimum Gasteiger partial charge on any atom is -0.0683 e. The molecule has 0 amide bonds. The molecule has 66 valence electrons. The average molecular weight is 154 g/mol. The molecule has 0 heterocycles. The lowest BCUT2D eigenvalue weighted by Crippen LogP contribution is -1.93. The van der Waals surface area contributed by atoms with Gasteiger partial charge in [0.25, 0.3) is 0 Å². The predicted octanol–water partition coefficient (Wildman–Crippen LogP) is 4.00. The maximum Gasteiger partial charge on any atom is -0.0383 e. The molecule has 3 aliphatic rings. The van der Waals surface area contributed by atoms with Gasteiger partial charge in [-0.25, -0.2) is 0 Å². The second-order valence-corrected chi connectivity index (χ2v) is 3.75. The normalized spacial score (nSPS) is 35.5. The van der Waals surface area contributed by atoms with E-state index in [-0.39, 0.29) is 0 Å². The van der Waals surface area contributed by atoms with E-state index in [1.54, 1.807) is 19.3 Å². The largest absolute Gasteiger partial charge is 0.0683 e. The highest BCUT2D eigenvalue weighted by atomic mass is 14.5. The lowest BCUT2D eigenvalue weighted by atomic mass is 10.0. The van der Waals surface area contributed by atoms with E-state index >= 15 is 0 Å². The maximum atomic E-state index is 2.00. The van der Waals surface area contributed by atoms with E-state index in [9.17, 15) is 0 Å². The van der Waals surface area contributed by atoms with E-state index in [1.807, 2.05) is 13.8 Å². The summed E-state index contributed by atoms with van der Waals surface area (Å²) in [6.45, 7) is 4.00. The number of hydrogen-bond acceptors (Lipinski definition) is 0. The Labute approximate surface area is 71.4 Å². The van der Waals surface area contributed by atoms with Crippen molar-refractivity contribution in [2.24, 2.45) is 11.8 Å². The highest BCUT2D eigenvalue weighted by Crippen LogP contribution is 2.55. The fourth-order valence-corrected chi connectivity index (χ4v) is 1.43. The lowest BCUT2D eigenvalue weighted by Gasteiger charge is -2.05. The van der Waals surface area contributed by atoms with Crippen molar-refractivity contribution < 1.29 is 0 Å². The first kappa shape index (κ1) is 9.09. The molecule has 3 aliphatic carbocycles. The molecule has 2 unspecified atom stereocenters. The Kier molecular flexibility index (Phi) is 3.96. The Morgan fingerprint density at radius 1 is 0.727 bits per heavy atom. The summed E-state index contributed by atoms with van der Waals surface area (Å²) in [5.41, 5.74) is 0. The SMILES string of the molecule is C1CC2CC12.C1CCC1.CC. The molecule has 0 heteroatoms. The molecule has 0 aromatic carbocycles. The van der Waals surface area contributed by atoms with Crippen LogP contribution in [0.1, 0.15) is 58.8 Å². The Morgan fingerprint density at radius 2 is 1.09 bits per heavy atom. The van der Waals surface area contributed by atoms with Gasteiger partial charge in [0.2, 0.25) is 0 Å². The zero-order valence-electron chi connectivity index (χ0n) is 8.10. The van der Waals surface area contributed by atoms with Gasteiger partial charge in [-0.1, -0.05) is 39.5 Å². The van der Waals surface area contributed by atoms with Crippen LogP contribution in [-0.2, 0) is 0 Å². The van der Waals surface area contributed by atoms with Crippen molar-refractivity contribution in [1.29, 1.82) is 0 Å². The first-order valence-electron chi connectivity index (χ1n) is 5.47. The minimum absolute atomic E-state index is 1.23. The molecule has 0 spiro atoms. The van der Waals surface area contributed by atoms with Gasteiger partial charge in [-0.3, -0.25) is 0 Å². The highest BCUT2D eigenvalue weighted by molar-refractivity contribution is 4.95. The van der Waals surface area contributed by atoms with E-state index in [0.29, 0.717) is 0 Å². The fourth-order valence-electron chi connectivity index (χ4n) is 1.43. The van der Waals surface area contributed by atoms with Gasteiger partial charge in [-0.15, -0.1) is 0 Å². The Bertz CT molecular complexity index is 76.2. The van der Waals surface area contributed by atoms with Crippen molar-refractivity contribution in [2.75, 3.05) is 0 Å². The Morgan fingerprint density at radius 3 is 1.09 bits per heavy atom. The van der Waals surface area contributed by atoms with Crippen LogP contribution in [0.25, 0.3) is 0 Å². The molecule has 0 radical (unpaired) electrons. The van der Waals surface area contributed by atoms with E-state index in [0.717, 1.165) is 0 Å². The summed E-state index contributed by atoms with van der Waals surface area (Å²) in [6.07, 6.45) is 10.7. The summed E-state index contributed by atoms with van der Waals surface area (Å²) < 4.78 is 0. The molecule has 3 fully saturated rings. The van der Waals surface area contributed by atoms with Gasteiger partial charge < -0.3 is 0 Å². The fraction of sp³-hybridized carbons (Fsp3) is 1.00. The minimum atomic E-state index is 1.23. The van der Waals surface area contributed by atoms with Gasteiger partial charge in [0, 0.05) is 0 Å². The monoisotopic (exact) mass is 154 g/mol. The number of rotatable bonds is 0. The van der Waals surface area contributed by atoms with Gasteiger partial charge in [0.1, 0.15) is 0 Å². The predicted molar refractivity (Wildman–Crippen MR) is 50.6 cm³/mol. The van der Waals surface area contributed by atoms with Crippen molar-refractivity contribution >= 4 is 0 Å². The topological polar surface area (TPSA) is 0 Å². The molecule has 0 aromatic heterocycles. The van der Waals surface area contributed by atoms with Crippen LogP contribution in [0.15, 0.2) is 0 Å². The van der Waals surface area contributed by atoms with Gasteiger partial charge >= 0.3 is 0 Å². The van der Waals surface area contributed by atoms with Crippen LogP contribution in [0.5, 0.6) is 0 Å². The quantitative estimate of drug-likeness (QED) is 0.494. The molecule has 2 atom stereocenters. The second kappa shape index (κ2) is 4.79. The van der Waals surface area contributed by atoms with Gasteiger partial charge in [0.05, 0.1) is 0 Å². The summed E-state index contributed by atoms with van der Waals surface area (Å²) in [6, 6.07) is 0. The lowest BCUT2D eigenvalue weighted by molar-refractivity contribution is 0.468. The van der Waals surface area contributed by atoms with Crippen LogP contribution in [0.2, 0.25) is 0 Å². The molecule has 0 aliphatic heterocycles. The second-order valence-electron chi connectivity index (χ2n) is 3.75. The highest BCUT2D eigenvalue weighted by Gasteiger charge is 2.44. The standard InChI is InChI=1S/C5H8.C4H8.C2H6/c1-2-5-3-4(1)5;1-2-4-3-1;1-2/h4-5H,1-3H2;1-4H2;1-2H3. The maximum absolute atomic E-state index is 2.00. The van der Waals surface area contributed by atoms with E-state index in [1.165, 1.54) is 37.5 Å². The third-order valence-electron chi connectivity index (χ3n) is 2.98. The van der Waals surface area contributed by atoms with Crippen LogP contribution in [-0.4, -0.2) is 0 Å². The summed E-state index contributed by atoms with van der Waals surface area (Å²) in [5.74, 6) is 2.46. The van der Waals surface area contributed by atoms with E-state index in [2.05, 4.69) is 0 Å². The summed E-state index contributed by atoms with van der Waals surface area (Å²) in [5, 5.41) is 0. The third-order valence-corrected chi connectivity index (χ3v) is 2.98. The van der Waals surface area contributed by atoms with Gasteiger partial charge in [-0.05, 0) is 31.1 Å². The molecule has 3 saturated carbocycles. The van der Waals surface area contributed by atoms with Crippen molar-refractivity contribution in [2.45, 2.75) is 58.8 Å². The first-order valence-corrected chi connectivity index (χ1v) is 5.47. The molecule has 0 saturated heterocycles. The van der Waals surface area contributed by atoms with Crippen molar-refractivity contribution in [3.63, 3.8) is 0 Å². The smallest absolute Gasteiger partial charge is 0.0383 e. The summed E-state index contributed by atoms with van der Waals surface area (Å²) in [7, 11) is 0. The number of fused-ring (bicyclic) bond motifs is 1. The molecule has 0 N–H and O–H groups in total. The zero-order valence-corrected chi connectivity index (χ0v) is 8.10. The molecule has 0 nitrogen and oxygen atoms in total. The van der Waals surface area contributed by atoms with Crippen molar-refractivity contribution in [3.05, 3.63) is 0 Å². The molecular weight excluding hydrogens is 132 g/mol.